The van der Waals surface area contributed by atoms with Gasteiger partial charge in [-0.2, -0.15) is 0 Å². The minimum atomic E-state index is -0.431. The molecule has 1 fully saturated rings. The van der Waals surface area contributed by atoms with E-state index in [1.165, 1.54) is 0 Å². The van der Waals surface area contributed by atoms with Gasteiger partial charge in [-0.1, -0.05) is 0 Å². The standard InChI is InChI=1S/C15H23N3O2/c1-11-16-8-13(9-17-11)7-12-5-6-18(10-12)14(19)20-15(2,3)4/h8-9,12H,5-7,10H2,1-4H3. The Labute approximate surface area is 120 Å². The van der Waals surface area contributed by atoms with Crippen molar-refractivity contribution >= 4 is 6.09 Å². The zero-order valence-corrected chi connectivity index (χ0v) is 12.7. The lowest BCUT2D eigenvalue weighted by Gasteiger charge is -2.24. The van der Waals surface area contributed by atoms with Crippen LogP contribution in [0.1, 0.15) is 38.6 Å². The Morgan fingerprint density at radius 3 is 2.65 bits per heavy atom. The summed E-state index contributed by atoms with van der Waals surface area (Å²) in [6.07, 6.45) is 5.46. The first-order valence-electron chi connectivity index (χ1n) is 7.09. The highest BCUT2D eigenvalue weighted by Gasteiger charge is 2.29. The molecule has 1 aromatic heterocycles. The van der Waals surface area contributed by atoms with Crippen molar-refractivity contribution in [3.05, 3.63) is 23.8 Å². The normalized spacial score (nSPS) is 19.2. The highest BCUT2D eigenvalue weighted by Crippen LogP contribution is 2.22. The zero-order valence-electron chi connectivity index (χ0n) is 12.7. The fourth-order valence-electron chi connectivity index (χ4n) is 2.35. The van der Waals surface area contributed by atoms with Gasteiger partial charge in [0.15, 0.2) is 0 Å². The molecule has 0 N–H and O–H groups in total. The number of rotatable bonds is 2. The van der Waals surface area contributed by atoms with Crippen LogP contribution >= 0.6 is 0 Å². The second kappa shape index (κ2) is 5.77. The molecule has 0 radical (unpaired) electrons. The summed E-state index contributed by atoms with van der Waals surface area (Å²) < 4.78 is 5.40. The van der Waals surface area contributed by atoms with Crippen molar-refractivity contribution in [1.29, 1.82) is 0 Å². The van der Waals surface area contributed by atoms with Gasteiger partial charge in [0.2, 0.25) is 0 Å². The number of aromatic nitrogens is 2. The molecule has 1 amide bonds. The van der Waals surface area contributed by atoms with Gasteiger partial charge >= 0.3 is 6.09 Å². The van der Waals surface area contributed by atoms with E-state index in [-0.39, 0.29) is 6.09 Å². The molecule has 0 saturated carbocycles. The van der Waals surface area contributed by atoms with Gasteiger partial charge < -0.3 is 9.64 Å². The van der Waals surface area contributed by atoms with Crippen LogP contribution in [-0.2, 0) is 11.2 Å². The predicted octanol–water partition coefficient (Wildman–Crippen LogP) is 2.58. The molecule has 1 unspecified atom stereocenters. The number of hydrogen-bond acceptors (Lipinski definition) is 4. The van der Waals surface area contributed by atoms with Crippen LogP contribution in [0, 0.1) is 12.8 Å². The number of aryl methyl sites for hydroxylation is 1. The highest BCUT2D eigenvalue weighted by molar-refractivity contribution is 5.68. The first-order chi connectivity index (χ1) is 9.33. The average Bonchev–Trinajstić information content (AvgIpc) is 2.79. The largest absolute Gasteiger partial charge is 0.444 e. The Hall–Kier alpha value is -1.65. The maximum atomic E-state index is 12.0. The third-order valence-corrected chi connectivity index (χ3v) is 3.30. The molecule has 2 rings (SSSR count). The van der Waals surface area contributed by atoms with E-state index < -0.39 is 5.60 Å². The summed E-state index contributed by atoms with van der Waals surface area (Å²) in [6, 6.07) is 0. The Bertz CT molecular complexity index is 465. The smallest absolute Gasteiger partial charge is 0.410 e. The highest BCUT2D eigenvalue weighted by atomic mass is 16.6. The van der Waals surface area contributed by atoms with Crippen molar-refractivity contribution in [3.8, 4) is 0 Å². The number of hydrogen-bond donors (Lipinski definition) is 0. The van der Waals surface area contributed by atoms with Gasteiger partial charge in [-0.15, -0.1) is 0 Å². The number of carbonyl (C=O) groups excluding carboxylic acids is 1. The quantitative estimate of drug-likeness (QED) is 0.833. The van der Waals surface area contributed by atoms with Crippen LogP contribution in [-0.4, -0.2) is 39.7 Å². The minimum Gasteiger partial charge on any atom is -0.444 e. The molecular weight excluding hydrogens is 254 g/mol. The lowest BCUT2D eigenvalue weighted by atomic mass is 10.0. The molecule has 0 aliphatic carbocycles. The summed E-state index contributed by atoms with van der Waals surface area (Å²) in [7, 11) is 0. The van der Waals surface area contributed by atoms with E-state index in [9.17, 15) is 4.79 Å². The van der Waals surface area contributed by atoms with Crippen LogP contribution < -0.4 is 0 Å². The van der Waals surface area contributed by atoms with Crippen molar-refractivity contribution < 1.29 is 9.53 Å². The Kier molecular flexibility index (Phi) is 4.26. The third-order valence-electron chi connectivity index (χ3n) is 3.30. The van der Waals surface area contributed by atoms with E-state index >= 15 is 0 Å². The van der Waals surface area contributed by atoms with E-state index in [1.54, 1.807) is 4.90 Å². The molecule has 1 aromatic rings. The number of amides is 1. The second-order valence-corrected chi connectivity index (χ2v) is 6.42. The summed E-state index contributed by atoms with van der Waals surface area (Å²) in [5, 5.41) is 0. The van der Waals surface area contributed by atoms with Crippen LogP contribution in [0.2, 0.25) is 0 Å². The minimum absolute atomic E-state index is 0.208. The SMILES string of the molecule is Cc1ncc(CC2CCN(C(=O)OC(C)(C)C)C2)cn1. The number of carbonyl (C=O) groups is 1. The first kappa shape index (κ1) is 14.8. The molecule has 5 nitrogen and oxygen atoms in total. The molecule has 2 heterocycles. The Balaban J connectivity index is 1.86. The van der Waals surface area contributed by atoms with Gasteiger partial charge in [-0.3, -0.25) is 0 Å². The van der Waals surface area contributed by atoms with Gasteiger partial charge in [-0.25, -0.2) is 14.8 Å². The van der Waals surface area contributed by atoms with Crippen molar-refractivity contribution in [3.63, 3.8) is 0 Å². The van der Waals surface area contributed by atoms with E-state index in [1.807, 2.05) is 40.1 Å². The lowest BCUT2D eigenvalue weighted by Crippen LogP contribution is -2.35. The molecule has 110 valence electrons. The van der Waals surface area contributed by atoms with E-state index in [0.29, 0.717) is 5.92 Å². The molecule has 1 saturated heterocycles. The molecule has 1 aliphatic rings. The monoisotopic (exact) mass is 277 g/mol. The molecule has 1 atom stereocenters. The average molecular weight is 277 g/mol. The summed E-state index contributed by atoms with van der Waals surface area (Å²) in [6.45, 7) is 9.07. The molecular formula is C15H23N3O2. The van der Waals surface area contributed by atoms with Gasteiger partial charge in [0.05, 0.1) is 0 Å². The molecule has 0 aromatic carbocycles. The number of nitrogens with zero attached hydrogens (tertiary/aromatic N) is 3. The van der Waals surface area contributed by atoms with Crippen molar-refractivity contribution in [2.24, 2.45) is 5.92 Å². The fraction of sp³-hybridized carbons (Fsp3) is 0.667. The fourth-order valence-corrected chi connectivity index (χ4v) is 2.35. The van der Waals surface area contributed by atoms with Crippen LogP contribution in [0.15, 0.2) is 12.4 Å². The van der Waals surface area contributed by atoms with Gasteiger partial charge in [-0.05, 0) is 52.0 Å². The van der Waals surface area contributed by atoms with Gasteiger partial charge in [0.1, 0.15) is 11.4 Å². The number of likely N-dealkylation sites (tertiary alicyclic amines) is 1. The molecule has 1 aliphatic heterocycles. The van der Waals surface area contributed by atoms with Crippen LogP contribution in [0.3, 0.4) is 0 Å². The van der Waals surface area contributed by atoms with Crippen molar-refractivity contribution in [2.75, 3.05) is 13.1 Å². The van der Waals surface area contributed by atoms with E-state index in [2.05, 4.69) is 9.97 Å². The maximum absolute atomic E-state index is 12.0. The molecule has 0 spiro atoms. The van der Waals surface area contributed by atoms with E-state index in [0.717, 1.165) is 37.3 Å². The Morgan fingerprint density at radius 2 is 2.05 bits per heavy atom. The number of ether oxygens (including phenoxy) is 1. The topological polar surface area (TPSA) is 55.3 Å². The van der Waals surface area contributed by atoms with E-state index in [4.69, 9.17) is 4.74 Å². The van der Waals surface area contributed by atoms with Crippen LogP contribution in [0.4, 0.5) is 4.79 Å². The van der Waals surface area contributed by atoms with Gasteiger partial charge in [0, 0.05) is 25.5 Å². The predicted molar refractivity (Wildman–Crippen MR) is 76.4 cm³/mol. The summed E-state index contributed by atoms with van der Waals surface area (Å²) in [5.41, 5.74) is 0.701. The van der Waals surface area contributed by atoms with Crippen LogP contribution in [0.5, 0.6) is 0 Å². The van der Waals surface area contributed by atoms with Crippen LogP contribution in [0.25, 0.3) is 0 Å². The summed E-state index contributed by atoms with van der Waals surface area (Å²) >= 11 is 0. The second-order valence-electron chi connectivity index (χ2n) is 6.42. The summed E-state index contributed by atoms with van der Waals surface area (Å²) in [5.74, 6) is 1.25. The molecule has 20 heavy (non-hydrogen) atoms. The Morgan fingerprint density at radius 1 is 1.40 bits per heavy atom. The lowest BCUT2D eigenvalue weighted by molar-refractivity contribution is 0.0288. The van der Waals surface area contributed by atoms with Crippen molar-refractivity contribution in [2.45, 2.75) is 46.1 Å². The van der Waals surface area contributed by atoms with Gasteiger partial charge in [0.25, 0.3) is 0 Å². The summed E-state index contributed by atoms with van der Waals surface area (Å²) in [4.78, 5) is 22.2. The first-order valence-corrected chi connectivity index (χ1v) is 7.09. The maximum Gasteiger partial charge on any atom is 0.410 e. The molecule has 5 heteroatoms. The van der Waals surface area contributed by atoms with Crippen molar-refractivity contribution in [1.82, 2.24) is 14.9 Å². The molecule has 0 bridgehead atoms. The third kappa shape index (κ3) is 4.18. The zero-order chi connectivity index (χ0) is 14.8.